The third-order valence-electron chi connectivity index (χ3n) is 4.07. The lowest BCUT2D eigenvalue weighted by Crippen LogP contribution is -2.39. The first kappa shape index (κ1) is 14.2. The summed E-state index contributed by atoms with van der Waals surface area (Å²) in [5.74, 6) is 1.67. The first-order valence-corrected chi connectivity index (χ1v) is 8.25. The molecule has 1 N–H and O–H groups in total. The predicted molar refractivity (Wildman–Crippen MR) is 84.2 cm³/mol. The molecular formula is C16H17BrN2O3. The lowest BCUT2D eigenvalue weighted by Gasteiger charge is -2.23. The van der Waals surface area contributed by atoms with E-state index in [0.717, 1.165) is 53.4 Å². The highest BCUT2D eigenvalue weighted by Gasteiger charge is 2.43. The molecule has 0 amide bonds. The third-order valence-corrected chi connectivity index (χ3v) is 4.69. The SMILES string of the molecule is Cc1onc2c1[C@H]2Oc1ccc(C[C@@H]2CNCCO2)cc1Br. The van der Waals surface area contributed by atoms with Crippen molar-refractivity contribution in [3.8, 4) is 5.75 Å². The van der Waals surface area contributed by atoms with E-state index in [9.17, 15) is 0 Å². The van der Waals surface area contributed by atoms with Crippen molar-refractivity contribution in [1.29, 1.82) is 0 Å². The summed E-state index contributed by atoms with van der Waals surface area (Å²) in [7, 11) is 0. The molecule has 1 aromatic heterocycles. The van der Waals surface area contributed by atoms with Crippen molar-refractivity contribution in [3.05, 3.63) is 45.3 Å². The molecule has 22 heavy (non-hydrogen) atoms. The number of fused-ring (bicyclic) bond motifs is 1. The van der Waals surface area contributed by atoms with Crippen LogP contribution in [0.3, 0.4) is 0 Å². The fraction of sp³-hybridized carbons (Fsp3) is 0.438. The Morgan fingerprint density at radius 1 is 1.45 bits per heavy atom. The van der Waals surface area contributed by atoms with Crippen LogP contribution in [0, 0.1) is 6.92 Å². The molecule has 116 valence electrons. The van der Waals surface area contributed by atoms with Crippen molar-refractivity contribution in [2.75, 3.05) is 19.7 Å². The molecule has 0 spiro atoms. The maximum Gasteiger partial charge on any atom is 0.175 e. The van der Waals surface area contributed by atoms with E-state index in [-0.39, 0.29) is 12.2 Å². The maximum absolute atomic E-state index is 5.98. The summed E-state index contributed by atoms with van der Waals surface area (Å²) in [5.41, 5.74) is 3.23. The van der Waals surface area contributed by atoms with Crippen molar-refractivity contribution < 1.29 is 14.0 Å². The molecule has 6 heteroatoms. The summed E-state index contributed by atoms with van der Waals surface area (Å²) in [6, 6.07) is 6.20. The number of ether oxygens (including phenoxy) is 2. The summed E-state index contributed by atoms with van der Waals surface area (Å²) in [6.07, 6.45) is 1.11. The minimum absolute atomic E-state index is 0.0400. The van der Waals surface area contributed by atoms with E-state index in [1.807, 2.05) is 13.0 Å². The molecular weight excluding hydrogens is 348 g/mol. The van der Waals surface area contributed by atoms with E-state index in [0.29, 0.717) is 0 Å². The second kappa shape index (κ2) is 5.68. The van der Waals surface area contributed by atoms with Crippen LogP contribution in [0.4, 0.5) is 0 Å². The number of benzene rings is 1. The molecule has 1 aliphatic heterocycles. The summed E-state index contributed by atoms with van der Waals surface area (Å²) < 4.78 is 17.8. The number of nitrogens with one attached hydrogen (secondary N) is 1. The molecule has 0 radical (unpaired) electrons. The van der Waals surface area contributed by atoms with Crippen LogP contribution < -0.4 is 10.1 Å². The highest BCUT2D eigenvalue weighted by atomic mass is 79.9. The lowest BCUT2D eigenvalue weighted by atomic mass is 10.1. The van der Waals surface area contributed by atoms with Crippen molar-refractivity contribution in [3.63, 3.8) is 0 Å². The summed E-state index contributed by atoms with van der Waals surface area (Å²) in [5, 5.41) is 7.32. The van der Waals surface area contributed by atoms with E-state index < -0.39 is 0 Å². The van der Waals surface area contributed by atoms with E-state index in [1.165, 1.54) is 5.56 Å². The van der Waals surface area contributed by atoms with Gasteiger partial charge in [-0.05, 0) is 47.0 Å². The van der Waals surface area contributed by atoms with Gasteiger partial charge in [-0.1, -0.05) is 11.2 Å². The smallest absolute Gasteiger partial charge is 0.175 e. The topological polar surface area (TPSA) is 56.5 Å². The lowest BCUT2D eigenvalue weighted by molar-refractivity contribution is 0.0292. The Morgan fingerprint density at radius 2 is 2.36 bits per heavy atom. The van der Waals surface area contributed by atoms with Gasteiger partial charge in [-0.3, -0.25) is 0 Å². The molecule has 4 rings (SSSR count). The van der Waals surface area contributed by atoms with Crippen molar-refractivity contribution >= 4 is 15.9 Å². The largest absolute Gasteiger partial charge is 0.478 e. The maximum atomic E-state index is 5.98. The number of aryl methyl sites for hydroxylation is 1. The van der Waals surface area contributed by atoms with Gasteiger partial charge in [0.25, 0.3) is 0 Å². The monoisotopic (exact) mass is 364 g/mol. The van der Waals surface area contributed by atoms with Gasteiger partial charge in [0.05, 0.1) is 22.7 Å². The average Bonchev–Trinajstić information content (AvgIpc) is 3.07. The van der Waals surface area contributed by atoms with Gasteiger partial charge >= 0.3 is 0 Å². The number of rotatable bonds is 4. The molecule has 0 unspecified atom stereocenters. The third kappa shape index (κ3) is 2.66. The van der Waals surface area contributed by atoms with Gasteiger partial charge in [-0.2, -0.15) is 0 Å². The molecule has 2 aliphatic rings. The number of nitrogens with zero attached hydrogens (tertiary/aromatic N) is 1. The Kier molecular flexibility index (Phi) is 3.68. The van der Waals surface area contributed by atoms with Crippen molar-refractivity contribution in [2.24, 2.45) is 0 Å². The van der Waals surface area contributed by atoms with E-state index in [4.69, 9.17) is 14.0 Å². The predicted octanol–water partition coefficient (Wildman–Crippen LogP) is 2.76. The minimum atomic E-state index is -0.0400. The van der Waals surface area contributed by atoms with E-state index in [2.05, 4.69) is 38.5 Å². The van der Waals surface area contributed by atoms with Gasteiger partial charge in [-0.15, -0.1) is 0 Å². The molecule has 0 saturated carbocycles. The van der Waals surface area contributed by atoms with Gasteiger partial charge in [0.2, 0.25) is 0 Å². The molecule has 1 fully saturated rings. The Balaban J connectivity index is 1.42. The molecule has 5 nitrogen and oxygen atoms in total. The van der Waals surface area contributed by atoms with Gasteiger partial charge in [0, 0.05) is 13.1 Å². The highest BCUT2D eigenvalue weighted by molar-refractivity contribution is 9.10. The van der Waals surface area contributed by atoms with Crippen LogP contribution in [0.15, 0.2) is 27.2 Å². The van der Waals surface area contributed by atoms with Crippen LogP contribution in [0.5, 0.6) is 5.75 Å². The molecule has 2 aromatic rings. The Labute approximate surface area is 137 Å². The van der Waals surface area contributed by atoms with E-state index >= 15 is 0 Å². The normalized spacial score (nSPS) is 23.2. The summed E-state index contributed by atoms with van der Waals surface area (Å²) in [4.78, 5) is 0. The van der Waals surface area contributed by atoms with Crippen LogP contribution in [0.2, 0.25) is 0 Å². The zero-order chi connectivity index (χ0) is 15.1. The highest BCUT2D eigenvalue weighted by Crippen LogP contribution is 2.47. The van der Waals surface area contributed by atoms with Crippen LogP contribution in [0.1, 0.15) is 28.7 Å². The molecule has 1 aliphatic carbocycles. The minimum Gasteiger partial charge on any atom is -0.478 e. The number of hydrogen-bond donors (Lipinski definition) is 1. The van der Waals surface area contributed by atoms with Crippen LogP contribution in [0.25, 0.3) is 0 Å². The Bertz CT molecular complexity index is 695. The number of aromatic nitrogens is 1. The zero-order valence-corrected chi connectivity index (χ0v) is 13.9. The fourth-order valence-corrected chi connectivity index (χ4v) is 3.36. The van der Waals surface area contributed by atoms with E-state index in [1.54, 1.807) is 0 Å². The standard InChI is InChI=1S/C16H17BrN2O3/c1-9-14-15(19-22-9)16(14)21-13-3-2-10(7-12(13)17)6-11-8-18-4-5-20-11/h2-3,7,11,16,18H,4-6,8H2,1H3/t11-,16-/m1/s1. The van der Waals surface area contributed by atoms with Gasteiger partial charge < -0.3 is 19.3 Å². The summed E-state index contributed by atoms with van der Waals surface area (Å²) in [6.45, 7) is 4.54. The van der Waals surface area contributed by atoms with Crippen molar-refractivity contribution in [1.82, 2.24) is 10.5 Å². The fourth-order valence-electron chi connectivity index (χ4n) is 2.84. The number of morpholine rings is 1. The zero-order valence-electron chi connectivity index (χ0n) is 12.3. The first-order valence-electron chi connectivity index (χ1n) is 7.46. The van der Waals surface area contributed by atoms with Crippen LogP contribution in [-0.2, 0) is 11.2 Å². The molecule has 2 atom stereocenters. The van der Waals surface area contributed by atoms with Gasteiger partial charge in [-0.25, -0.2) is 0 Å². The number of hydrogen-bond acceptors (Lipinski definition) is 5. The number of halogens is 1. The second-order valence-electron chi connectivity index (χ2n) is 5.70. The Hall–Kier alpha value is -1.37. The molecule has 2 heterocycles. The first-order chi connectivity index (χ1) is 10.7. The molecule has 1 aromatic carbocycles. The van der Waals surface area contributed by atoms with Gasteiger partial charge in [0.1, 0.15) is 17.2 Å². The second-order valence-corrected chi connectivity index (χ2v) is 6.56. The van der Waals surface area contributed by atoms with Gasteiger partial charge in [0.15, 0.2) is 6.10 Å². The average molecular weight is 365 g/mol. The quantitative estimate of drug-likeness (QED) is 0.903. The Morgan fingerprint density at radius 3 is 3.05 bits per heavy atom. The molecule has 0 bridgehead atoms. The van der Waals surface area contributed by atoms with Crippen molar-refractivity contribution in [2.45, 2.75) is 25.6 Å². The summed E-state index contributed by atoms with van der Waals surface area (Å²) >= 11 is 3.59. The van der Waals surface area contributed by atoms with Crippen LogP contribution >= 0.6 is 15.9 Å². The molecule has 1 saturated heterocycles. The van der Waals surface area contributed by atoms with Crippen LogP contribution in [-0.4, -0.2) is 31.0 Å².